The van der Waals surface area contributed by atoms with Gasteiger partial charge in [-0.1, -0.05) is 140 Å². The highest BCUT2D eigenvalue weighted by Crippen LogP contribution is 2.49. The Morgan fingerprint density at radius 3 is 1.80 bits per heavy atom. The van der Waals surface area contributed by atoms with Crippen LogP contribution >= 0.6 is 11.8 Å². The van der Waals surface area contributed by atoms with Crippen LogP contribution < -0.4 is 25.8 Å². The lowest BCUT2D eigenvalue weighted by atomic mass is 9.84. The fraction of sp³-hybridized carbons (Fsp3) is 0.333. The second kappa shape index (κ2) is 22.4. The van der Waals surface area contributed by atoms with E-state index in [1.807, 2.05) is 124 Å². The topological polar surface area (TPSA) is 188 Å². The molecule has 1 aliphatic carbocycles. The molecule has 13 nitrogen and oxygen atoms in total. The first-order chi connectivity index (χ1) is 35.7. The van der Waals surface area contributed by atoms with Crippen LogP contribution in [0.5, 0.6) is 5.75 Å². The molecule has 15 heteroatoms. The van der Waals surface area contributed by atoms with Crippen molar-refractivity contribution in [3.05, 3.63) is 190 Å². The number of ether oxygens (including phenoxy) is 3. The Labute approximate surface area is 445 Å². The van der Waals surface area contributed by atoms with E-state index in [-0.39, 0.29) is 48.5 Å². The predicted molar refractivity (Wildman–Crippen MR) is 297 cm³/mol. The quantitative estimate of drug-likeness (QED) is 0.0212. The van der Waals surface area contributed by atoms with Gasteiger partial charge in [0.2, 0.25) is 11.9 Å². The van der Waals surface area contributed by atoms with Crippen molar-refractivity contribution < 1.29 is 37.0 Å². The highest BCUT2D eigenvalue weighted by molar-refractivity contribution is 8.00. The first kappa shape index (κ1) is 54.2. The molecule has 6 aromatic rings. The maximum absolute atomic E-state index is 14.8. The van der Waals surface area contributed by atoms with Crippen molar-refractivity contribution in [1.29, 1.82) is 0 Å². The molecule has 2 aliphatic rings. The van der Waals surface area contributed by atoms with Crippen molar-refractivity contribution in [2.24, 2.45) is 10.7 Å². The fourth-order valence-corrected chi connectivity index (χ4v) is 13.3. The van der Waals surface area contributed by atoms with Crippen molar-refractivity contribution in [3.8, 4) is 16.9 Å². The Balaban J connectivity index is 1.05. The molecule has 0 spiro atoms. The first-order valence-electron chi connectivity index (χ1n) is 25.3. The number of hydrogen-bond acceptors (Lipinski definition) is 10. The van der Waals surface area contributed by atoms with Crippen LogP contribution in [0.25, 0.3) is 11.1 Å². The van der Waals surface area contributed by atoms with Crippen molar-refractivity contribution in [3.63, 3.8) is 0 Å². The van der Waals surface area contributed by atoms with Gasteiger partial charge in [-0.15, -0.1) is 11.8 Å². The summed E-state index contributed by atoms with van der Waals surface area (Å²) in [6.45, 7) is 14.6. The van der Waals surface area contributed by atoms with Gasteiger partial charge in [0, 0.05) is 30.2 Å². The van der Waals surface area contributed by atoms with E-state index < -0.39 is 56.0 Å². The van der Waals surface area contributed by atoms with E-state index in [1.165, 1.54) is 11.8 Å². The number of carbonyl (C=O) groups excluding carboxylic acids is 3. The van der Waals surface area contributed by atoms with E-state index in [0.717, 1.165) is 50.1 Å². The van der Waals surface area contributed by atoms with Gasteiger partial charge in [-0.2, -0.15) is 0 Å². The molecule has 5 N–H and O–H groups in total. The van der Waals surface area contributed by atoms with E-state index in [2.05, 4.69) is 56.7 Å². The molecule has 1 aliphatic heterocycles. The number of hydrogen-bond donors (Lipinski definition) is 4. The summed E-state index contributed by atoms with van der Waals surface area (Å²) in [5, 5.41) is 5.76. The monoisotopic (exact) mass is 1050 g/mol. The van der Waals surface area contributed by atoms with E-state index in [0.29, 0.717) is 23.3 Å². The zero-order chi connectivity index (χ0) is 53.7. The normalized spacial score (nSPS) is 14.9. The second-order valence-electron chi connectivity index (χ2n) is 20.8. The highest BCUT2D eigenvalue weighted by Gasteiger charge is 2.41. The second-order valence-corrected chi connectivity index (χ2v) is 23.6. The first-order valence-corrected chi connectivity index (χ1v) is 27.8. The summed E-state index contributed by atoms with van der Waals surface area (Å²) in [5.74, 6) is -1.13. The van der Waals surface area contributed by atoms with Gasteiger partial charge in [0.05, 0.1) is 9.64 Å². The fourth-order valence-electron chi connectivity index (χ4n) is 10.2. The molecule has 0 saturated heterocycles. The van der Waals surface area contributed by atoms with Gasteiger partial charge in [0.25, 0.3) is 10.0 Å². The van der Waals surface area contributed by atoms with Crippen molar-refractivity contribution in [1.82, 2.24) is 15.4 Å². The molecular formula is C60H67N5O8S2. The third-order valence-electron chi connectivity index (χ3n) is 13.7. The number of nitrogens with one attached hydrogen (secondary N) is 3. The minimum Gasteiger partial charge on any atom is -0.487 e. The number of sulfonamides is 1. The molecule has 0 saturated carbocycles. The minimum absolute atomic E-state index is 0.000359. The summed E-state index contributed by atoms with van der Waals surface area (Å²) in [6, 6.07) is 43.6. The number of thioether (sulfide) groups is 1. The molecule has 0 fully saturated rings. The molecule has 0 unspecified atom stereocenters. The number of carbonyl (C=O) groups is 3. The lowest BCUT2D eigenvalue weighted by molar-refractivity contribution is -0.158. The molecule has 0 aromatic heterocycles. The summed E-state index contributed by atoms with van der Waals surface area (Å²) in [7, 11) is -4.18. The number of alkyl carbamates (subject to hydrolysis) is 1. The summed E-state index contributed by atoms with van der Waals surface area (Å²) >= 11 is 1.48. The van der Waals surface area contributed by atoms with Gasteiger partial charge in [0.15, 0.2) is 0 Å². The summed E-state index contributed by atoms with van der Waals surface area (Å²) < 4.78 is 47.7. The number of amides is 2. The Morgan fingerprint density at radius 2 is 1.27 bits per heavy atom. The van der Waals surface area contributed by atoms with E-state index in [1.54, 1.807) is 34.6 Å². The van der Waals surface area contributed by atoms with Crippen LogP contribution in [0.1, 0.15) is 103 Å². The van der Waals surface area contributed by atoms with Gasteiger partial charge >= 0.3 is 12.1 Å². The third kappa shape index (κ3) is 12.1. The van der Waals surface area contributed by atoms with Crippen molar-refractivity contribution in [2.75, 3.05) is 18.9 Å². The van der Waals surface area contributed by atoms with Crippen molar-refractivity contribution in [2.45, 2.75) is 113 Å². The van der Waals surface area contributed by atoms with Gasteiger partial charge in [-0.25, -0.2) is 22.7 Å². The number of guanidine groups is 1. The van der Waals surface area contributed by atoms with Crippen LogP contribution in [-0.2, 0) is 40.3 Å². The van der Waals surface area contributed by atoms with Crippen LogP contribution in [0.4, 0.5) is 4.79 Å². The van der Waals surface area contributed by atoms with Gasteiger partial charge in [0.1, 0.15) is 35.6 Å². The maximum Gasteiger partial charge on any atom is 0.407 e. The summed E-state index contributed by atoms with van der Waals surface area (Å²) in [6.07, 6.45) is -0.116. The molecular weight excluding hydrogens is 983 g/mol. The molecule has 2 amide bonds. The molecule has 1 heterocycles. The zero-order valence-electron chi connectivity index (χ0n) is 43.9. The average molecular weight is 1050 g/mol. The molecule has 392 valence electrons. The smallest absolute Gasteiger partial charge is 0.407 e. The summed E-state index contributed by atoms with van der Waals surface area (Å²) in [4.78, 5) is 47.6. The number of fused-ring (bicyclic) bond motifs is 4. The predicted octanol–water partition coefficient (Wildman–Crippen LogP) is 10.2. The zero-order valence-corrected chi connectivity index (χ0v) is 45.5. The Kier molecular flexibility index (Phi) is 16.2. The van der Waals surface area contributed by atoms with E-state index in [4.69, 9.17) is 19.9 Å². The number of nitrogens with zero attached hydrogens (tertiary/aromatic N) is 1. The van der Waals surface area contributed by atoms with Gasteiger partial charge in [-0.3, -0.25) is 9.79 Å². The molecule has 8 rings (SSSR count). The molecule has 75 heavy (non-hydrogen) atoms. The van der Waals surface area contributed by atoms with E-state index in [9.17, 15) is 22.8 Å². The minimum atomic E-state index is -4.18. The highest BCUT2D eigenvalue weighted by atomic mass is 32.2. The largest absolute Gasteiger partial charge is 0.487 e. The van der Waals surface area contributed by atoms with Gasteiger partial charge < -0.3 is 30.6 Å². The Morgan fingerprint density at radius 1 is 0.747 bits per heavy atom. The molecule has 0 radical (unpaired) electrons. The number of rotatable bonds is 18. The number of benzene rings is 6. The lowest BCUT2D eigenvalue weighted by Crippen LogP contribution is -2.54. The lowest BCUT2D eigenvalue weighted by Gasteiger charge is -2.37. The van der Waals surface area contributed by atoms with Gasteiger partial charge in [-0.05, 0) is 124 Å². The molecule has 6 aromatic carbocycles. The van der Waals surface area contributed by atoms with Crippen LogP contribution in [-0.4, -0.2) is 74.5 Å². The average Bonchev–Trinajstić information content (AvgIpc) is 3.90. The number of nitrogens with two attached hydrogens (primary N) is 1. The SMILES string of the molecule is Cc1c(C)c(S(=O)(=O)NC(N)=NCCC[C@H](NC(=O)OCC2c3ccccc3-c3ccccc32)C(=O)N[C@@H](CSC(c2ccccc2)(c2ccccc2)c2ccccc2)C(=O)OC(C)(C)C)c(C)c2c1OC(C)(C)C2. The standard InChI is InChI=1S/C60H67N5O8S2/c1-38-39(2)53(40(3)48-35-59(7,8)72-52(38)48)75(69,70)65-56(61)62-34-22-33-50(64-57(68)71-36-49-46-31-20-18-29-44(46)45-30-19-21-32-47(45)49)54(66)63-51(55(67)73-58(4,5)6)37-74-60(41-23-12-9-13-24-41,42-25-14-10-15-26-42)43-27-16-11-17-28-43/h9-21,23-32,49-51H,22,33-37H2,1-8H3,(H,63,66)(H,64,68)(H3,61,62,65)/t50-,51-/m0/s1. The van der Waals surface area contributed by atoms with Crippen molar-refractivity contribution >= 4 is 45.7 Å². The van der Waals surface area contributed by atoms with E-state index >= 15 is 0 Å². The number of esters is 1. The molecule has 0 bridgehead atoms. The number of aliphatic imine (C=N–C) groups is 1. The van der Waals surface area contributed by atoms with Crippen LogP contribution in [0.2, 0.25) is 0 Å². The van der Waals surface area contributed by atoms with Crippen LogP contribution in [0, 0.1) is 20.8 Å². The van der Waals surface area contributed by atoms with Crippen LogP contribution in [0.3, 0.4) is 0 Å². The molecule has 2 atom stereocenters. The summed E-state index contributed by atoms with van der Waals surface area (Å²) in [5.41, 5.74) is 14.7. The Hall–Kier alpha value is -7.10. The third-order valence-corrected chi connectivity index (χ3v) is 17.0. The van der Waals surface area contributed by atoms with Crippen LogP contribution in [0.15, 0.2) is 149 Å². The maximum atomic E-state index is 14.8. The Bertz CT molecular complexity index is 3050.